The summed E-state index contributed by atoms with van der Waals surface area (Å²) in [5.41, 5.74) is 3.20. The van der Waals surface area contributed by atoms with Crippen LogP contribution in [0.1, 0.15) is 87.3 Å². The minimum atomic E-state index is -0.282. The molecule has 164 valence electrons. The Hall–Kier alpha value is -2.95. The Balaban J connectivity index is 2.10. The molecule has 0 bridgehead atoms. The van der Waals surface area contributed by atoms with Gasteiger partial charge in [-0.05, 0) is 35.4 Å². The molecule has 0 spiro atoms. The standard InChI is InChI=1S/C26H33N3O2/c1-6-7-10-16-29-26(31)22-13-9-8-12-21(22)24(28-29)25(30)27-23-19(17(2)3)14-11-15-20(23)18(4)5/h8-9,11-15,17-18H,6-7,10,16H2,1-5H3,(H,27,30). The van der Waals surface area contributed by atoms with Gasteiger partial charge in [-0.3, -0.25) is 9.59 Å². The van der Waals surface area contributed by atoms with Crippen molar-refractivity contribution in [2.75, 3.05) is 5.32 Å². The molecule has 0 aliphatic carbocycles. The predicted molar refractivity (Wildman–Crippen MR) is 128 cm³/mol. The number of nitrogens with zero attached hydrogens (tertiary/aromatic N) is 2. The van der Waals surface area contributed by atoms with Crippen molar-refractivity contribution in [3.05, 3.63) is 69.6 Å². The third-order valence-electron chi connectivity index (χ3n) is 5.67. The van der Waals surface area contributed by atoms with E-state index in [1.54, 1.807) is 12.1 Å². The molecule has 5 nitrogen and oxygen atoms in total. The van der Waals surface area contributed by atoms with E-state index in [2.05, 4.69) is 57.2 Å². The summed E-state index contributed by atoms with van der Waals surface area (Å²) >= 11 is 0. The maximum absolute atomic E-state index is 13.5. The Morgan fingerprint density at radius 3 is 2.13 bits per heavy atom. The molecule has 0 saturated carbocycles. The van der Waals surface area contributed by atoms with Gasteiger partial charge in [0.2, 0.25) is 0 Å². The average Bonchev–Trinajstić information content (AvgIpc) is 2.75. The molecule has 31 heavy (non-hydrogen) atoms. The highest BCUT2D eigenvalue weighted by atomic mass is 16.2. The van der Waals surface area contributed by atoms with Crippen LogP contribution in [0.15, 0.2) is 47.3 Å². The number of amides is 1. The first-order valence-electron chi connectivity index (χ1n) is 11.3. The van der Waals surface area contributed by atoms with Gasteiger partial charge in [0.25, 0.3) is 11.5 Å². The van der Waals surface area contributed by atoms with Gasteiger partial charge < -0.3 is 5.32 Å². The minimum Gasteiger partial charge on any atom is -0.320 e. The first kappa shape index (κ1) is 22.7. The smallest absolute Gasteiger partial charge is 0.276 e. The number of anilines is 1. The maximum Gasteiger partial charge on any atom is 0.276 e. The number of hydrogen-bond acceptors (Lipinski definition) is 3. The maximum atomic E-state index is 13.5. The number of carbonyl (C=O) groups is 1. The van der Waals surface area contributed by atoms with Crippen molar-refractivity contribution >= 4 is 22.4 Å². The number of unbranched alkanes of at least 4 members (excludes halogenated alkanes) is 2. The second-order valence-electron chi connectivity index (χ2n) is 8.70. The Morgan fingerprint density at radius 2 is 1.55 bits per heavy atom. The van der Waals surface area contributed by atoms with E-state index >= 15 is 0 Å². The van der Waals surface area contributed by atoms with E-state index in [1.165, 1.54) is 4.68 Å². The Kier molecular flexibility index (Phi) is 7.26. The molecule has 0 saturated heterocycles. The summed E-state index contributed by atoms with van der Waals surface area (Å²) in [7, 11) is 0. The molecule has 1 amide bonds. The molecule has 5 heteroatoms. The second kappa shape index (κ2) is 9.90. The van der Waals surface area contributed by atoms with Crippen molar-refractivity contribution in [2.24, 2.45) is 0 Å². The Labute approximate surface area is 184 Å². The SMILES string of the molecule is CCCCCn1nc(C(=O)Nc2c(C(C)C)cccc2C(C)C)c2ccccc2c1=O. The predicted octanol–water partition coefficient (Wildman–Crippen LogP) is 6.09. The number of aromatic nitrogens is 2. The zero-order valence-electron chi connectivity index (χ0n) is 19.2. The molecule has 1 heterocycles. The van der Waals surface area contributed by atoms with Crippen LogP contribution in [0.3, 0.4) is 0 Å². The lowest BCUT2D eigenvalue weighted by atomic mass is 9.92. The quantitative estimate of drug-likeness (QED) is 0.450. The number of para-hydroxylation sites is 1. The van der Waals surface area contributed by atoms with Gasteiger partial charge in [0.05, 0.1) is 5.39 Å². The zero-order valence-corrected chi connectivity index (χ0v) is 19.2. The zero-order chi connectivity index (χ0) is 22.5. The van der Waals surface area contributed by atoms with Crippen LogP contribution in [-0.2, 0) is 6.54 Å². The van der Waals surface area contributed by atoms with Crippen LogP contribution in [0.4, 0.5) is 5.69 Å². The normalized spacial score (nSPS) is 11.5. The van der Waals surface area contributed by atoms with Crippen molar-refractivity contribution in [3.8, 4) is 0 Å². The largest absolute Gasteiger partial charge is 0.320 e. The Bertz CT molecular complexity index is 1100. The lowest BCUT2D eigenvalue weighted by molar-refractivity contribution is 0.102. The molecular formula is C26H33N3O2. The monoisotopic (exact) mass is 419 g/mol. The summed E-state index contributed by atoms with van der Waals surface area (Å²) in [4.78, 5) is 26.4. The molecule has 1 aromatic heterocycles. The molecule has 3 aromatic rings. The number of nitrogens with one attached hydrogen (secondary N) is 1. The van der Waals surface area contributed by atoms with Crippen molar-refractivity contribution in [1.29, 1.82) is 0 Å². The van der Waals surface area contributed by atoms with E-state index in [1.807, 2.05) is 18.2 Å². The molecule has 0 aliphatic rings. The van der Waals surface area contributed by atoms with Crippen molar-refractivity contribution in [1.82, 2.24) is 9.78 Å². The topological polar surface area (TPSA) is 64.0 Å². The number of hydrogen-bond donors (Lipinski definition) is 1. The number of aryl methyl sites for hydroxylation is 1. The lowest BCUT2D eigenvalue weighted by Crippen LogP contribution is -2.28. The Morgan fingerprint density at radius 1 is 0.935 bits per heavy atom. The fraction of sp³-hybridized carbons (Fsp3) is 0.423. The van der Waals surface area contributed by atoms with Crippen LogP contribution in [-0.4, -0.2) is 15.7 Å². The molecular weight excluding hydrogens is 386 g/mol. The van der Waals surface area contributed by atoms with Gasteiger partial charge in [-0.15, -0.1) is 0 Å². The summed E-state index contributed by atoms with van der Waals surface area (Å²) in [6.07, 6.45) is 2.93. The molecule has 3 rings (SSSR count). The van der Waals surface area contributed by atoms with Crippen LogP contribution in [0.25, 0.3) is 10.8 Å². The van der Waals surface area contributed by atoms with Gasteiger partial charge >= 0.3 is 0 Å². The van der Waals surface area contributed by atoms with E-state index in [-0.39, 0.29) is 23.3 Å². The van der Waals surface area contributed by atoms with Crippen LogP contribution >= 0.6 is 0 Å². The van der Waals surface area contributed by atoms with Crippen molar-refractivity contribution in [2.45, 2.75) is 72.3 Å². The third-order valence-corrected chi connectivity index (χ3v) is 5.67. The van der Waals surface area contributed by atoms with Crippen LogP contribution < -0.4 is 10.9 Å². The number of fused-ring (bicyclic) bond motifs is 1. The van der Waals surface area contributed by atoms with Crippen LogP contribution in [0.2, 0.25) is 0 Å². The van der Waals surface area contributed by atoms with Gasteiger partial charge in [0.15, 0.2) is 5.69 Å². The van der Waals surface area contributed by atoms with Crippen LogP contribution in [0.5, 0.6) is 0 Å². The summed E-state index contributed by atoms with van der Waals surface area (Å²) in [6.45, 7) is 11.1. The first-order chi connectivity index (χ1) is 14.8. The first-order valence-corrected chi connectivity index (χ1v) is 11.3. The highest BCUT2D eigenvalue weighted by Gasteiger charge is 2.21. The van der Waals surface area contributed by atoms with Crippen molar-refractivity contribution < 1.29 is 4.79 Å². The number of benzene rings is 2. The number of rotatable bonds is 8. The summed E-state index contributed by atoms with van der Waals surface area (Å²) in [6, 6.07) is 13.4. The second-order valence-corrected chi connectivity index (χ2v) is 8.70. The fourth-order valence-electron chi connectivity index (χ4n) is 3.93. The number of carbonyl (C=O) groups excluding carboxylic acids is 1. The molecule has 0 aliphatic heterocycles. The van der Waals surface area contributed by atoms with E-state index in [0.29, 0.717) is 23.0 Å². The van der Waals surface area contributed by atoms with E-state index in [0.717, 1.165) is 36.1 Å². The van der Waals surface area contributed by atoms with Gasteiger partial charge in [-0.2, -0.15) is 5.10 Å². The molecule has 0 atom stereocenters. The molecule has 0 unspecified atom stereocenters. The van der Waals surface area contributed by atoms with E-state index in [9.17, 15) is 9.59 Å². The van der Waals surface area contributed by atoms with Gasteiger partial charge in [0, 0.05) is 17.6 Å². The van der Waals surface area contributed by atoms with Gasteiger partial charge in [-0.25, -0.2) is 4.68 Å². The van der Waals surface area contributed by atoms with Crippen molar-refractivity contribution in [3.63, 3.8) is 0 Å². The lowest BCUT2D eigenvalue weighted by Gasteiger charge is -2.20. The molecule has 1 N–H and O–H groups in total. The summed E-state index contributed by atoms with van der Waals surface area (Å²) in [5, 5.41) is 8.77. The average molecular weight is 420 g/mol. The highest BCUT2D eigenvalue weighted by Crippen LogP contribution is 2.33. The summed E-state index contributed by atoms with van der Waals surface area (Å²) in [5.74, 6) is 0.249. The minimum absolute atomic E-state index is 0.145. The highest BCUT2D eigenvalue weighted by molar-refractivity contribution is 6.11. The third kappa shape index (κ3) is 4.87. The van der Waals surface area contributed by atoms with Gasteiger partial charge in [-0.1, -0.05) is 83.9 Å². The van der Waals surface area contributed by atoms with E-state index < -0.39 is 0 Å². The van der Waals surface area contributed by atoms with Crippen LogP contribution in [0, 0.1) is 0 Å². The fourth-order valence-corrected chi connectivity index (χ4v) is 3.93. The van der Waals surface area contributed by atoms with E-state index in [4.69, 9.17) is 0 Å². The molecule has 0 fully saturated rings. The molecule has 2 aromatic carbocycles. The van der Waals surface area contributed by atoms with Gasteiger partial charge in [0.1, 0.15) is 0 Å². The molecule has 0 radical (unpaired) electrons. The summed E-state index contributed by atoms with van der Waals surface area (Å²) < 4.78 is 1.45.